The Morgan fingerprint density at radius 2 is 2.00 bits per heavy atom. The molecule has 8 heteroatoms. The molecule has 1 heterocycles. The van der Waals surface area contributed by atoms with Crippen LogP contribution in [0.1, 0.15) is 18.1 Å². The fraction of sp³-hybridized carbons (Fsp3) is 0.368. The van der Waals surface area contributed by atoms with E-state index in [2.05, 4.69) is 39.1 Å². The summed E-state index contributed by atoms with van der Waals surface area (Å²) in [5.41, 5.74) is 2.45. The van der Waals surface area contributed by atoms with Crippen molar-refractivity contribution in [1.82, 2.24) is 19.9 Å². The number of hydrogen-bond donors (Lipinski definition) is 2. The second-order valence-corrected chi connectivity index (χ2v) is 7.87. The van der Waals surface area contributed by atoms with Crippen LogP contribution in [0.4, 0.5) is 0 Å². The molecule has 0 saturated carbocycles. The van der Waals surface area contributed by atoms with Crippen LogP contribution in [0, 0.1) is 6.92 Å². The summed E-state index contributed by atoms with van der Waals surface area (Å²) in [5.74, 6) is 0.737. The molecule has 0 atom stereocenters. The monoisotopic (exact) mass is 389 g/mol. The molecule has 27 heavy (non-hydrogen) atoms. The molecule has 1 aromatic heterocycles. The first-order valence-corrected chi connectivity index (χ1v) is 10.4. The first kappa shape index (κ1) is 20.9. The van der Waals surface area contributed by atoms with Gasteiger partial charge in [-0.2, -0.15) is 0 Å². The van der Waals surface area contributed by atoms with Crippen LogP contribution in [0.3, 0.4) is 0 Å². The number of rotatable bonds is 8. The minimum absolute atomic E-state index is 0.151. The van der Waals surface area contributed by atoms with Crippen molar-refractivity contribution >= 4 is 16.0 Å². The maximum atomic E-state index is 12.2. The molecule has 0 aliphatic carbocycles. The molecule has 0 saturated heterocycles. The van der Waals surface area contributed by atoms with E-state index >= 15 is 0 Å². The van der Waals surface area contributed by atoms with E-state index in [9.17, 15) is 8.42 Å². The van der Waals surface area contributed by atoms with Gasteiger partial charge in [-0.05, 0) is 37.1 Å². The molecule has 0 aliphatic rings. The van der Waals surface area contributed by atoms with Gasteiger partial charge in [0.25, 0.3) is 0 Å². The maximum absolute atomic E-state index is 12.2. The molecule has 7 nitrogen and oxygen atoms in total. The number of pyridine rings is 1. The predicted molar refractivity (Wildman–Crippen MR) is 108 cm³/mol. The zero-order valence-corrected chi connectivity index (χ0v) is 16.8. The zero-order valence-electron chi connectivity index (χ0n) is 16.0. The van der Waals surface area contributed by atoms with Crippen LogP contribution in [0.15, 0.2) is 58.7 Å². The number of guanidine groups is 1. The largest absolute Gasteiger partial charge is 0.357 e. The lowest BCUT2D eigenvalue weighted by Crippen LogP contribution is -2.39. The Morgan fingerprint density at radius 1 is 1.22 bits per heavy atom. The van der Waals surface area contributed by atoms with E-state index in [0.717, 1.165) is 19.0 Å². The summed E-state index contributed by atoms with van der Waals surface area (Å²) in [6.45, 7) is 6.09. The molecule has 0 amide bonds. The third-order valence-corrected chi connectivity index (χ3v) is 5.42. The summed E-state index contributed by atoms with van der Waals surface area (Å²) < 4.78 is 26.9. The van der Waals surface area contributed by atoms with Crippen molar-refractivity contribution in [2.45, 2.75) is 25.3 Å². The average Bonchev–Trinajstić information content (AvgIpc) is 2.66. The molecule has 2 aromatic rings. The van der Waals surface area contributed by atoms with Crippen molar-refractivity contribution < 1.29 is 8.42 Å². The number of aromatic nitrogens is 1. The first-order chi connectivity index (χ1) is 12.9. The molecular formula is C19H27N5O2S. The van der Waals surface area contributed by atoms with Crippen LogP contribution >= 0.6 is 0 Å². The highest BCUT2D eigenvalue weighted by Crippen LogP contribution is 2.09. The Morgan fingerprint density at radius 3 is 2.67 bits per heavy atom. The lowest BCUT2D eigenvalue weighted by Gasteiger charge is -2.23. The summed E-state index contributed by atoms with van der Waals surface area (Å²) in [6.07, 6.45) is 2.86. The Labute approximate surface area is 161 Å². The van der Waals surface area contributed by atoms with Gasteiger partial charge in [-0.15, -0.1) is 0 Å². The summed E-state index contributed by atoms with van der Waals surface area (Å²) in [4.78, 5) is 10.5. The second kappa shape index (κ2) is 10.0. The summed E-state index contributed by atoms with van der Waals surface area (Å²) >= 11 is 0. The van der Waals surface area contributed by atoms with Gasteiger partial charge < -0.3 is 10.2 Å². The van der Waals surface area contributed by atoms with Gasteiger partial charge in [0.1, 0.15) is 4.90 Å². The lowest BCUT2D eigenvalue weighted by atomic mass is 10.1. The minimum Gasteiger partial charge on any atom is -0.357 e. The van der Waals surface area contributed by atoms with E-state index in [4.69, 9.17) is 0 Å². The van der Waals surface area contributed by atoms with Crippen molar-refractivity contribution in [2.24, 2.45) is 4.99 Å². The van der Waals surface area contributed by atoms with E-state index in [1.165, 1.54) is 29.6 Å². The van der Waals surface area contributed by atoms with E-state index in [-0.39, 0.29) is 11.4 Å². The average molecular weight is 390 g/mol. The SMILES string of the molecule is CCNC(=NCCNS(=O)(=O)c1cccnc1)N(C)Cc1ccccc1C. The zero-order chi connectivity index (χ0) is 19.7. The Kier molecular flexibility index (Phi) is 7.75. The van der Waals surface area contributed by atoms with Gasteiger partial charge in [0, 0.05) is 39.1 Å². The highest BCUT2D eigenvalue weighted by molar-refractivity contribution is 7.89. The molecule has 0 fully saturated rings. The number of hydrogen-bond acceptors (Lipinski definition) is 4. The molecule has 0 radical (unpaired) electrons. The highest BCUT2D eigenvalue weighted by atomic mass is 32.2. The smallest absolute Gasteiger partial charge is 0.242 e. The Hall–Kier alpha value is -2.45. The van der Waals surface area contributed by atoms with Crippen molar-refractivity contribution in [3.8, 4) is 0 Å². The van der Waals surface area contributed by atoms with E-state index in [0.29, 0.717) is 6.54 Å². The van der Waals surface area contributed by atoms with E-state index < -0.39 is 10.0 Å². The van der Waals surface area contributed by atoms with Gasteiger partial charge >= 0.3 is 0 Å². The van der Waals surface area contributed by atoms with Crippen LogP contribution in [0.5, 0.6) is 0 Å². The van der Waals surface area contributed by atoms with E-state index in [1.807, 2.05) is 31.0 Å². The molecular weight excluding hydrogens is 362 g/mol. The van der Waals surface area contributed by atoms with Gasteiger partial charge in [0.05, 0.1) is 6.54 Å². The summed E-state index contributed by atoms with van der Waals surface area (Å²) in [7, 11) is -1.59. The predicted octanol–water partition coefficient (Wildman–Crippen LogP) is 1.77. The highest BCUT2D eigenvalue weighted by Gasteiger charge is 2.13. The van der Waals surface area contributed by atoms with Crippen molar-refractivity contribution in [3.05, 3.63) is 59.9 Å². The standard InChI is InChI=1S/C19H27N5O2S/c1-4-21-19(24(3)15-17-9-6-5-8-16(17)2)22-12-13-23-27(25,26)18-10-7-11-20-14-18/h5-11,14,23H,4,12-13,15H2,1-3H3,(H,21,22). The van der Waals surface area contributed by atoms with Crippen LogP contribution < -0.4 is 10.0 Å². The van der Waals surface area contributed by atoms with Crippen molar-refractivity contribution in [3.63, 3.8) is 0 Å². The quantitative estimate of drug-likeness (QED) is 0.408. The molecule has 1 aromatic carbocycles. The van der Waals surface area contributed by atoms with Gasteiger partial charge in [0.15, 0.2) is 5.96 Å². The van der Waals surface area contributed by atoms with Crippen molar-refractivity contribution in [1.29, 1.82) is 0 Å². The van der Waals surface area contributed by atoms with Crippen LogP contribution in [-0.2, 0) is 16.6 Å². The topological polar surface area (TPSA) is 86.7 Å². The first-order valence-electron chi connectivity index (χ1n) is 8.87. The van der Waals surface area contributed by atoms with Crippen LogP contribution in [0.2, 0.25) is 0 Å². The van der Waals surface area contributed by atoms with Gasteiger partial charge in [0.2, 0.25) is 10.0 Å². The molecule has 2 rings (SSSR count). The molecule has 0 unspecified atom stereocenters. The number of sulfonamides is 1. The van der Waals surface area contributed by atoms with Crippen LogP contribution in [0.25, 0.3) is 0 Å². The minimum atomic E-state index is -3.56. The maximum Gasteiger partial charge on any atom is 0.242 e. The summed E-state index contributed by atoms with van der Waals surface area (Å²) in [5, 5.41) is 3.24. The number of benzene rings is 1. The molecule has 0 spiro atoms. The molecule has 2 N–H and O–H groups in total. The van der Waals surface area contributed by atoms with Gasteiger partial charge in [-0.1, -0.05) is 24.3 Å². The number of nitrogens with zero attached hydrogens (tertiary/aromatic N) is 3. The summed E-state index contributed by atoms with van der Waals surface area (Å²) in [6, 6.07) is 11.3. The Balaban J connectivity index is 1.96. The van der Waals surface area contributed by atoms with Gasteiger partial charge in [-0.25, -0.2) is 13.1 Å². The molecule has 0 bridgehead atoms. The second-order valence-electron chi connectivity index (χ2n) is 6.10. The number of nitrogens with one attached hydrogen (secondary N) is 2. The van der Waals surface area contributed by atoms with Gasteiger partial charge in [-0.3, -0.25) is 9.98 Å². The van der Waals surface area contributed by atoms with Crippen molar-refractivity contribution in [2.75, 3.05) is 26.7 Å². The van der Waals surface area contributed by atoms with E-state index in [1.54, 1.807) is 6.07 Å². The lowest BCUT2D eigenvalue weighted by molar-refractivity contribution is 0.475. The number of aryl methyl sites for hydroxylation is 1. The Bertz CT molecular complexity index is 853. The van der Waals surface area contributed by atoms with Crippen LogP contribution in [-0.4, -0.2) is 50.9 Å². The third-order valence-electron chi connectivity index (χ3n) is 3.98. The fourth-order valence-electron chi connectivity index (χ4n) is 2.52. The molecule has 146 valence electrons. The normalized spacial score (nSPS) is 12.0. The third kappa shape index (κ3) is 6.33. The molecule has 0 aliphatic heterocycles. The fourth-order valence-corrected chi connectivity index (χ4v) is 3.50. The number of aliphatic imine (C=N–C) groups is 1.